The minimum absolute atomic E-state index is 0.199. The summed E-state index contributed by atoms with van der Waals surface area (Å²) in [5.74, 6) is 0.00667. The number of carbonyl (C=O) groups excluding carboxylic acids is 1. The molecule has 17 heavy (non-hydrogen) atoms. The first kappa shape index (κ1) is 12.8. The van der Waals surface area contributed by atoms with Crippen LogP contribution in [0.4, 0.5) is 0 Å². The zero-order valence-electron chi connectivity index (χ0n) is 9.59. The van der Waals surface area contributed by atoms with Gasteiger partial charge in [-0.25, -0.2) is 0 Å². The Balaban J connectivity index is 0.000000171. The summed E-state index contributed by atoms with van der Waals surface area (Å²) in [6.45, 7) is 2.09. The van der Waals surface area contributed by atoms with Crippen molar-refractivity contribution >= 4 is 5.91 Å². The molecule has 2 rings (SSSR count). The predicted molar refractivity (Wildman–Crippen MR) is 64.7 cm³/mol. The Kier molecular flexibility index (Phi) is 4.81. The zero-order valence-corrected chi connectivity index (χ0v) is 9.59. The lowest BCUT2D eigenvalue weighted by Gasteiger charge is -1.93. The molecule has 1 amide bonds. The Labute approximate surface area is 99.7 Å². The average molecular weight is 233 g/mol. The highest BCUT2D eigenvalue weighted by atomic mass is 16.3. The average Bonchev–Trinajstić information content (AvgIpc) is 2.84. The molecule has 0 aliphatic carbocycles. The largest absolute Gasteiger partial charge is 0.508 e. The highest BCUT2D eigenvalue weighted by molar-refractivity contribution is 5.89. The van der Waals surface area contributed by atoms with E-state index in [0.717, 1.165) is 6.42 Å². The molecule has 4 nitrogen and oxygen atoms in total. The van der Waals surface area contributed by atoms with Crippen LogP contribution in [0.15, 0.2) is 47.1 Å². The summed E-state index contributed by atoms with van der Waals surface area (Å²) in [7, 11) is 0. The first-order valence-electron chi connectivity index (χ1n) is 5.24. The van der Waals surface area contributed by atoms with E-state index in [1.165, 1.54) is 17.9 Å². The lowest BCUT2D eigenvalue weighted by atomic mass is 10.2. The lowest BCUT2D eigenvalue weighted by molar-refractivity contribution is 0.0974. The molecule has 90 valence electrons. The van der Waals surface area contributed by atoms with E-state index < -0.39 is 5.91 Å². The summed E-state index contributed by atoms with van der Waals surface area (Å²) in [5.41, 5.74) is 6.08. The molecule has 0 bridgehead atoms. The molecule has 0 aliphatic heterocycles. The summed E-state index contributed by atoms with van der Waals surface area (Å²) < 4.78 is 4.62. The normalized spacial score (nSPS) is 9.24. The second-order valence-corrected chi connectivity index (χ2v) is 3.36. The van der Waals surface area contributed by atoms with Gasteiger partial charge < -0.3 is 15.3 Å². The molecular formula is C13H15NO3. The Morgan fingerprint density at radius 2 is 1.94 bits per heavy atom. The fourth-order valence-corrected chi connectivity index (χ4v) is 1.15. The molecule has 4 heteroatoms. The van der Waals surface area contributed by atoms with Gasteiger partial charge in [-0.2, -0.15) is 0 Å². The fraction of sp³-hybridized carbons (Fsp3) is 0.154. The third-order valence-electron chi connectivity index (χ3n) is 2.11. The van der Waals surface area contributed by atoms with Crippen molar-refractivity contribution in [2.24, 2.45) is 5.73 Å². The Morgan fingerprint density at radius 3 is 2.29 bits per heavy atom. The molecule has 0 atom stereocenters. The van der Waals surface area contributed by atoms with Gasteiger partial charge in [-0.1, -0.05) is 19.1 Å². The number of primary amides is 1. The van der Waals surface area contributed by atoms with Crippen LogP contribution in [0.1, 0.15) is 23.0 Å². The van der Waals surface area contributed by atoms with Crippen LogP contribution in [0.2, 0.25) is 0 Å². The summed E-state index contributed by atoms with van der Waals surface area (Å²) in [5, 5.41) is 8.85. The molecule has 0 saturated heterocycles. The topological polar surface area (TPSA) is 76.5 Å². The Hall–Kier alpha value is -2.23. The highest BCUT2D eigenvalue weighted by Crippen LogP contribution is 2.09. The third-order valence-corrected chi connectivity index (χ3v) is 2.11. The number of phenols is 1. The van der Waals surface area contributed by atoms with Crippen LogP contribution in [0, 0.1) is 0 Å². The molecule has 0 saturated carbocycles. The molecule has 0 fully saturated rings. The SMILES string of the molecule is CCc1ccc(O)cc1.NC(=O)c1ccco1. The lowest BCUT2D eigenvalue weighted by Crippen LogP contribution is -2.08. The number of furan rings is 1. The molecule has 1 aromatic heterocycles. The second-order valence-electron chi connectivity index (χ2n) is 3.36. The quantitative estimate of drug-likeness (QED) is 0.835. The van der Waals surface area contributed by atoms with E-state index >= 15 is 0 Å². The number of hydrogen-bond acceptors (Lipinski definition) is 3. The number of carbonyl (C=O) groups is 1. The molecular weight excluding hydrogens is 218 g/mol. The second kappa shape index (κ2) is 6.37. The van der Waals surface area contributed by atoms with Gasteiger partial charge in [0.15, 0.2) is 5.76 Å². The number of aromatic hydroxyl groups is 1. The van der Waals surface area contributed by atoms with Gasteiger partial charge >= 0.3 is 0 Å². The molecule has 1 heterocycles. The minimum Gasteiger partial charge on any atom is -0.508 e. The number of aryl methyl sites for hydroxylation is 1. The smallest absolute Gasteiger partial charge is 0.284 e. The van der Waals surface area contributed by atoms with Crippen molar-refractivity contribution in [3.8, 4) is 5.75 Å². The van der Waals surface area contributed by atoms with E-state index in [2.05, 4.69) is 11.3 Å². The van der Waals surface area contributed by atoms with Crippen LogP contribution < -0.4 is 5.73 Å². The van der Waals surface area contributed by atoms with Gasteiger partial charge in [0.25, 0.3) is 5.91 Å². The Bertz CT molecular complexity index is 446. The van der Waals surface area contributed by atoms with Gasteiger partial charge in [-0.05, 0) is 36.2 Å². The maximum absolute atomic E-state index is 10.2. The number of phenolic OH excluding ortho intramolecular Hbond substituents is 1. The maximum atomic E-state index is 10.2. The van der Waals surface area contributed by atoms with Gasteiger partial charge in [-0.15, -0.1) is 0 Å². The number of hydrogen-bond donors (Lipinski definition) is 2. The Morgan fingerprint density at radius 1 is 1.29 bits per heavy atom. The van der Waals surface area contributed by atoms with Crippen LogP contribution >= 0.6 is 0 Å². The van der Waals surface area contributed by atoms with Gasteiger partial charge in [0.1, 0.15) is 5.75 Å². The first-order valence-corrected chi connectivity index (χ1v) is 5.24. The van der Waals surface area contributed by atoms with Crippen LogP contribution in [0.5, 0.6) is 5.75 Å². The van der Waals surface area contributed by atoms with Crippen molar-refractivity contribution in [3.63, 3.8) is 0 Å². The number of rotatable bonds is 2. The molecule has 0 aliphatic rings. The van der Waals surface area contributed by atoms with E-state index in [1.807, 2.05) is 12.1 Å². The van der Waals surface area contributed by atoms with Gasteiger partial charge in [0.05, 0.1) is 6.26 Å². The van der Waals surface area contributed by atoms with Crippen molar-refractivity contribution < 1.29 is 14.3 Å². The van der Waals surface area contributed by atoms with E-state index in [9.17, 15) is 4.79 Å². The molecule has 1 aromatic carbocycles. The van der Waals surface area contributed by atoms with Crippen molar-refractivity contribution in [3.05, 3.63) is 54.0 Å². The fourth-order valence-electron chi connectivity index (χ4n) is 1.15. The number of benzene rings is 1. The molecule has 0 unspecified atom stereocenters. The van der Waals surface area contributed by atoms with E-state index in [4.69, 9.17) is 10.8 Å². The maximum Gasteiger partial charge on any atom is 0.284 e. The van der Waals surface area contributed by atoms with E-state index in [-0.39, 0.29) is 5.76 Å². The summed E-state index contributed by atoms with van der Waals surface area (Å²) in [6.07, 6.45) is 2.43. The van der Waals surface area contributed by atoms with E-state index in [0.29, 0.717) is 5.75 Å². The van der Waals surface area contributed by atoms with Crippen molar-refractivity contribution in [1.29, 1.82) is 0 Å². The summed E-state index contributed by atoms with van der Waals surface area (Å²) in [4.78, 5) is 10.2. The number of nitrogens with two attached hydrogens (primary N) is 1. The van der Waals surface area contributed by atoms with Crippen LogP contribution in [0.3, 0.4) is 0 Å². The number of amides is 1. The molecule has 0 radical (unpaired) electrons. The predicted octanol–water partition coefficient (Wildman–Crippen LogP) is 2.33. The zero-order chi connectivity index (χ0) is 12.7. The summed E-state index contributed by atoms with van der Waals surface area (Å²) in [6, 6.07) is 10.4. The van der Waals surface area contributed by atoms with Crippen LogP contribution in [-0.4, -0.2) is 11.0 Å². The van der Waals surface area contributed by atoms with Crippen molar-refractivity contribution in [2.45, 2.75) is 13.3 Å². The van der Waals surface area contributed by atoms with Gasteiger partial charge in [-0.3, -0.25) is 4.79 Å². The van der Waals surface area contributed by atoms with Gasteiger partial charge in [0.2, 0.25) is 0 Å². The molecule has 0 spiro atoms. The third kappa shape index (κ3) is 4.42. The van der Waals surface area contributed by atoms with Gasteiger partial charge in [0, 0.05) is 0 Å². The molecule has 2 aromatic rings. The first-order chi connectivity index (χ1) is 8.13. The van der Waals surface area contributed by atoms with Crippen LogP contribution in [0.25, 0.3) is 0 Å². The standard InChI is InChI=1S/C8H10O.C5H5NO2/c1-2-7-3-5-8(9)6-4-7;6-5(7)4-2-1-3-8-4/h3-6,9H,2H2,1H3;1-3H,(H2,6,7). The minimum atomic E-state index is -0.532. The molecule has 3 N–H and O–H groups in total. The van der Waals surface area contributed by atoms with Crippen molar-refractivity contribution in [2.75, 3.05) is 0 Å². The van der Waals surface area contributed by atoms with Crippen molar-refractivity contribution in [1.82, 2.24) is 0 Å². The monoisotopic (exact) mass is 233 g/mol. The highest BCUT2D eigenvalue weighted by Gasteiger charge is 1.98. The summed E-state index contributed by atoms with van der Waals surface area (Å²) >= 11 is 0. The van der Waals surface area contributed by atoms with E-state index in [1.54, 1.807) is 18.2 Å². The van der Waals surface area contributed by atoms with Crippen LogP contribution in [-0.2, 0) is 6.42 Å².